The van der Waals surface area contributed by atoms with Crippen LogP contribution >= 0.6 is 23.5 Å². The van der Waals surface area contributed by atoms with Crippen LogP contribution < -0.4 is 4.90 Å². The number of aryl methyl sites for hydroxylation is 1. The van der Waals surface area contributed by atoms with Crippen LogP contribution in [0.3, 0.4) is 0 Å². The van der Waals surface area contributed by atoms with Crippen LogP contribution in [-0.4, -0.2) is 12.2 Å². The number of nitrogens with zero attached hydrogens (tertiary/aromatic N) is 1. The first-order chi connectivity index (χ1) is 12.5. The highest BCUT2D eigenvalue weighted by Crippen LogP contribution is 2.44. The lowest BCUT2D eigenvalue weighted by Gasteiger charge is -2.12. The topological polar surface area (TPSA) is 23.5 Å². The van der Waals surface area contributed by atoms with E-state index < -0.39 is 0 Å². The van der Waals surface area contributed by atoms with Crippen molar-refractivity contribution in [3.63, 3.8) is 0 Å². The molecule has 132 valence electrons. The van der Waals surface area contributed by atoms with Gasteiger partial charge in [-0.2, -0.15) is 0 Å². The fraction of sp³-hybridized carbons (Fsp3) is 0.0909. The van der Waals surface area contributed by atoms with E-state index in [2.05, 4.69) is 48.9 Å². The molecule has 0 saturated heterocycles. The minimum atomic E-state index is 0.278. The van der Waals surface area contributed by atoms with Crippen LogP contribution in [0.4, 0.5) is 5.69 Å². The molecule has 4 heteroatoms. The number of hydrogen-bond acceptors (Lipinski definition) is 4. The van der Waals surface area contributed by atoms with Gasteiger partial charge in [0.1, 0.15) is 5.75 Å². The van der Waals surface area contributed by atoms with Crippen LogP contribution in [0.25, 0.3) is 0 Å². The summed E-state index contributed by atoms with van der Waals surface area (Å²) >= 11 is 3.34. The van der Waals surface area contributed by atoms with Gasteiger partial charge < -0.3 is 10.0 Å². The molecular formula is C22H21NOS2. The third-order valence-electron chi connectivity index (χ3n) is 3.93. The molecule has 2 aromatic carbocycles. The first-order valence-corrected chi connectivity index (χ1v) is 9.90. The van der Waals surface area contributed by atoms with Gasteiger partial charge in [-0.1, -0.05) is 66.5 Å². The summed E-state index contributed by atoms with van der Waals surface area (Å²) in [6.07, 6.45) is 10.1. The van der Waals surface area contributed by atoms with Gasteiger partial charge in [-0.15, -0.1) is 0 Å². The number of para-hydroxylation sites is 1. The maximum atomic E-state index is 9.60. The van der Waals surface area contributed by atoms with Crippen molar-refractivity contribution in [2.45, 2.75) is 16.7 Å². The van der Waals surface area contributed by atoms with Crippen LogP contribution in [-0.2, 0) is 0 Å². The molecule has 0 aliphatic carbocycles. The molecule has 1 aliphatic heterocycles. The fourth-order valence-electron chi connectivity index (χ4n) is 2.51. The van der Waals surface area contributed by atoms with Gasteiger partial charge in [-0.3, -0.25) is 0 Å². The first kappa shape index (κ1) is 18.5. The van der Waals surface area contributed by atoms with Crippen molar-refractivity contribution < 1.29 is 5.11 Å². The highest BCUT2D eigenvalue weighted by atomic mass is 32.2. The number of hydrogen-bond donors (Lipinski definition) is 1. The summed E-state index contributed by atoms with van der Waals surface area (Å²) < 4.78 is 0. The molecule has 0 fully saturated rings. The number of anilines is 1. The van der Waals surface area contributed by atoms with Gasteiger partial charge in [0.25, 0.3) is 0 Å². The smallest absolute Gasteiger partial charge is 0.116 e. The highest BCUT2D eigenvalue weighted by Gasteiger charge is 2.20. The number of thioether (sulfide) groups is 2. The lowest BCUT2D eigenvalue weighted by Crippen LogP contribution is -2.08. The Kier molecular flexibility index (Phi) is 5.96. The van der Waals surface area contributed by atoms with E-state index in [0.717, 1.165) is 15.4 Å². The lowest BCUT2D eigenvalue weighted by molar-refractivity contribution is 0.473. The molecule has 0 atom stereocenters. The Morgan fingerprint density at radius 1 is 1.15 bits per heavy atom. The molecule has 2 nitrogen and oxygen atoms in total. The maximum absolute atomic E-state index is 9.60. The number of rotatable bonds is 5. The number of aromatic hydroxyl groups is 1. The minimum absolute atomic E-state index is 0.278. The summed E-state index contributed by atoms with van der Waals surface area (Å²) in [6, 6.07) is 13.8. The van der Waals surface area contributed by atoms with E-state index in [4.69, 9.17) is 0 Å². The van der Waals surface area contributed by atoms with E-state index in [1.54, 1.807) is 35.7 Å². The molecule has 0 radical (unpaired) electrons. The van der Waals surface area contributed by atoms with Crippen molar-refractivity contribution >= 4 is 29.2 Å². The van der Waals surface area contributed by atoms with E-state index >= 15 is 0 Å². The number of fused-ring (bicyclic) bond motifs is 1. The molecule has 3 rings (SSSR count). The van der Waals surface area contributed by atoms with E-state index in [0.29, 0.717) is 0 Å². The van der Waals surface area contributed by atoms with Crippen LogP contribution in [0, 0.1) is 6.92 Å². The molecular weight excluding hydrogens is 358 g/mol. The normalized spacial score (nSPS) is 15.3. The second kappa shape index (κ2) is 8.39. The van der Waals surface area contributed by atoms with Gasteiger partial charge in [0.15, 0.2) is 0 Å². The first-order valence-electron chi connectivity index (χ1n) is 8.26. The molecule has 0 aromatic heterocycles. The lowest BCUT2D eigenvalue weighted by atomic mass is 10.2. The van der Waals surface area contributed by atoms with Crippen molar-refractivity contribution in [2.24, 2.45) is 0 Å². The van der Waals surface area contributed by atoms with E-state index in [-0.39, 0.29) is 5.75 Å². The third-order valence-corrected chi connectivity index (χ3v) is 6.17. The quantitative estimate of drug-likeness (QED) is 0.473. The minimum Gasteiger partial charge on any atom is -0.508 e. The fourth-order valence-corrected chi connectivity index (χ4v) is 4.41. The summed E-state index contributed by atoms with van der Waals surface area (Å²) in [7, 11) is 2.09. The van der Waals surface area contributed by atoms with Crippen molar-refractivity contribution in [1.29, 1.82) is 0 Å². The molecule has 0 amide bonds. The zero-order chi connectivity index (χ0) is 18.5. The molecule has 1 N–H and O–H groups in total. The number of phenols is 1. The van der Waals surface area contributed by atoms with Crippen LogP contribution in [0.2, 0.25) is 0 Å². The van der Waals surface area contributed by atoms with Gasteiger partial charge in [-0.25, -0.2) is 0 Å². The van der Waals surface area contributed by atoms with Gasteiger partial charge >= 0.3 is 0 Å². The molecule has 0 bridgehead atoms. The van der Waals surface area contributed by atoms with Crippen molar-refractivity contribution in [2.75, 3.05) is 11.9 Å². The molecule has 0 unspecified atom stereocenters. The summed E-state index contributed by atoms with van der Waals surface area (Å²) in [5, 5.41) is 10.8. The van der Waals surface area contributed by atoms with E-state index in [9.17, 15) is 5.11 Å². The number of benzene rings is 2. The molecule has 2 aromatic rings. The largest absolute Gasteiger partial charge is 0.508 e. The second-order valence-electron chi connectivity index (χ2n) is 5.90. The number of allylic oxidation sites excluding steroid dienone is 5. The summed E-state index contributed by atoms with van der Waals surface area (Å²) in [4.78, 5) is 5.44. The van der Waals surface area contributed by atoms with Crippen LogP contribution in [0.15, 0.2) is 99.1 Å². The monoisotopic (exact) mass is 379 g/mol. The Hall–Kier alpha value is -2.30. The molecule has 1 heterocycles. The zero-order valence-electron chi connectivity index (χ0n) is 14.8. The third kappa shape index (κ3) is 4.45. The van der Waals surface area contributed by atoms with Crippen LogP contribution in [0.5, 0.6) is 5.75 Å². The average molecular weight is 380 g/mol. The van der Waals surface area contributed by atoms with Gasteiger partial charge in [0, 0.05) is 21.7 Å². The molecule has 1 aliphatic rings. The van der Waals surface area contributed by atoms with E-state index in [1.165, 1.54) is 15.6 Å². The Labute approximate surface area is 163 Å². The van der Waals surface area contributed by atoms with Gasteiger partial charge in [0.2, 0.25) is 0 Å². The second-order valence-corrected chi connectivity index (χ2v) is 8.13. The number of phenolic OH excluding ortho intramolecular Hbond substituents is 1. The van der Waals surface area contributed by atoms with Crippen molar-refractivity contribution in [3.05, 3.63) is 94.9 Å². The SMILES string of the molecule is C=C(/C=C/C=C/C=C1\Sc2ccccc2N1C)Sc1cc(O)ccc1C. The van der Waals surface area contributed by atoms with Crippen molar-refractivity contribution in [1.82, 2.24) is 0 Å². The van der Waals surface area contributed by atoms with E-state index in [1.807, 2.05) is 37.3 Å². The zero-order valence-corrected chi connectivity index (χ0v) is 16.5. The van der Waals surface area contributed by atoms with Gasteiger partial charge in [0.05, 0.1) is 10.7 Å². The Bertz CT molecular complexity index is 912. The maximum Gasteiger partial charge on any atom is 0.116 e. The standard InChI is InChI=1S/C22H21NOS2/c1-16-13-14-18(24)15-21(16)25-17(2)9-5-4-6-12-22-23(3)19-10-7-8-11-20(19)26-22/h4-15,24H,2H2,1,3H3/b6-4+,9-5+,22-12-. The molecule has 26 heavy (non-hydrogen) atoms. The summed E-state index contributed by atoms with van der Waals surface area (Å²) in [5.74, 6) is 0.278. The summed E-state index contributed by atoms with van der Waals surface area (Å²) in [6.45, 7) is 6.09. The summed E-state index contributed by atoms with van der Waals surface area (Å²) in [5.41, 5.74) is 2.38. The average Bonchev–Trinajstić information content (AvgIpc) is 2.94. The van der Waals surface area contributed by atoms with Gasteiger partial charge in [-0.05, 0) is 48.9 Å². The Balaban J connectivity index is 1.57. The van der Waals surface area contributed by atoms with Crippen molar-refractivity contribution in [3.8, 4) is 5.75 Å². The van der Waals surface area contributed by atoms with Crippen LogP contribution in [0.1, 0.15) is 5.56 Å². The predicted molar refractivity (Wildman–Crippen MR) is 115 cm³/mol. The molecule has 0 saturated carbocycles. The highest BCUT2D eigenvalue weighted by molar-refractivity contribution is 8.03. The molecule has 0 spiro atoms. The predicted octanol–water partition coefficient (Wildman–Crippen LogP) is 6.50. The Morgan fingerprint density at radius 2 is 1.96 bits per heavy atom. The Morgan fingerprint density at radius 3 is 2.77 bits per heavy atom.